The molecule has 1 aromatic rings. The van der Waals surface area contributed by atoms with E-state index in [9.17, 15) is 14.3 Å². The third-order valence-corrected chi connectivity index (χ3v) is 3.63. The van der Waals surface area contributed by atoms with Gasteiger partial charge in [-0.05, 0) is 19.9 Å². The number of hydrogen-bond acceptors (Lipinski definition) is 3. The number of carbonyl (C=O) groups excluding carboxylic acids is 1. The first-order chi connectivity index (χ1) is 9.45. The van der Waals surface area contributed by atoms with Crippen molar-refractivity contribution in [2.24, 2.45) is 0 Å². The van der Waals surface area contributed by atoms with Gasteiger partial charge in [0, 0.05) is 30.0 Å². The van der Waals surface area contributed by atoms with Crippen LogP contribution in [0.3, 0.4) is 0 Å². The lowest BCUT2D eigenvalue weighted by molar-refractivity contribution is -0.119. The predicted octanol–water partition coefficient (Wildman–Crippen LogP) is 2.53. The van der Waals surface area contributed by atoms with Crippen molar-refractivity contribution in [1.82, 2.24) is 5.32 Å². The lowest BCUT2D eigenvalue weighted by Gasteiger charge is -2.21. The SMILES string of the molecule is CCOc1c(C(C)O)cc(Cl)c(F)c1[C@@H]1CNC(=O)C1. The third-order valence-electron chi connectivity index (χ3n) is 3.36. The summed E-state index contributed by atoms with van der Waals surface area (Å²) in [5, 5.41) is 12.4. The molecule has 2 rings (SSSR count). The molecule has 110 valence electrons. The highest BCUT2D eigenvalue weighted by Gasteiger charge is 2.31. The fourth-order valence-corrected chi connectivity index (χ4v) is 2.66. The summed E-state index contributed by atoms with van der Waals surface area (Å²) >= 11 is 5.90. The highest BCUT2D eigenvalue weighted by molar-refractivity contribution is 6.31. The molecule has 20 heavy (non-hydrogen) atoms. The monoisotopic (exact) mass is 301 g/mol. The number of benzene rings is 1. The largest absolute Gasteiger partial charge is 0.493 e. The van der Waals surface area contributed by atoms with E-state index < -0.39 is 11.9 Å². The molecule has 0 aromatic heterocycles. The van der Waals surface area contributed by atoms with Crippen LogP contribution in [0.2, 0.25) is 5.02 Å². The number of aliphatic hydroxyl groups excluding tert-OH is 1. The minimum Gasteiger partial charge on any atom is -0.493 e. The Labute approximate surface area is 121 Å². The number of ether oxygens (including phenoxy) is 1. The zero-order valence-corrected chi connectivity index (χ0v) is 12.1. The molecular weight excluding hydrogens is 285 g/mol. The Morgan fingerprint density at radius 3 is 2.85 bits per heavy atom. The Balaban J connectivity index is 2.59. The van der Waals surface area contributed by atoms with Crippen molar-refractivity contribution in [2.45, 2.75) is 32.3 Å². The van der Waals surface area contributed by atoms with Gasteiger partial charge >= 0.3 is 0 Å². The van der Waals surface area contributed by atoms with E-state index in [1.54, 1.807) is 13.8 Å². The van der Waals surface area contributed by atoms with Crippen LogP contribution < -0.4 is 10.1 Å². The molecule has 0 spiro atoms. The number of halogens is 2. The van der Waals surface area contributed by atoms with Crippen LogP contribution in [0.15, 0.2) is 6.07 Å². The van der Waals surface area contributed by atoms with E-state index in [0.717, 1.165) is 0 Å². The van der Waals surface area contributed by atoms with Crippen molar-refractivity contribution < 1.29 is 19.0 Å². The van der Waals surface area contributed by atoms with Crippen molar-refractivity contribution in [2.75, 3.05) is 13.2 Å². The molecule has 4 nitrogen and oxygen atoms in total. The van der Waals surface area contributed by atoms with Crippen LogP contribution in [0.5, 0.6) is 5.75 Å². The molecule has 0 bridgehead atoms. The zero-order chi connectivity index (χ0) is 14.9. The highest BCUT2D eigenvalue weighted by Crippen LogP contribution is 2.41. The van der Waals surface area contributed by atoms with Crippen molar-refractivity contribution in [3.8, 4) is 5.75 Å². The first-order valence-electron chi connectivity index (χ1n) is 6.55. The average Bonchev–Trinajstić information content (AvgIpc) is 2.80. The Bertz CT molecular complexity index is 534. The molecule has 1 aliphatic rings. The number of rotatable bonds is 4. The first-order valence-corrected chi connectivity index (χ1v) is 6.92. The van der Waals surface area contributed by atoms with Gasteiger partial charge in [-0.15, -0.1) is 0 Å². The maximum absolute atomic E-state index is 14.4. The maximum atomic E-state index is 14.4. The summed E-state index contributed by atoms with van der Waals surface area (Å²) < 4.78 is 19.9. The van der Waals surface area contributed by atoms with Crippen molar-refractivity contribution in [3.63, 3.8) is 0 Å². The molecule has 1 aromatic carbocycles. The Morgan fingerprint density at radius 2 is 2.35 bits per heavy atom. The molecule has 6 heteroatoms. The topological polar surface area (TPSA) is 58.6 Å². The molecule has 1 saturated heterocycles. The maximum Gasteiger partial charge on any atom is 0.220 e. The van der Waals surface area contributed by atoms with E-state index in [4.69, 9.17) is 16.3 Å². The fraction of sp³-hybridized carbons (Fsp3) is 0.500. The first kappa shape index (κ1) is 15.1. The minimum atomic E-state index is -0.835. The van der Waals surface area contributed by atoms with Gasteiger partial charge in [-0.3, -0.25) is 4.79 Å². The molecular formula is C14H17ClFNO3. The van der Waals surface area contributed by atoms with E-state index >= 15 is 0 Å². The second-order valence-electron chi connectivity index (χ2n) is 4.82. The fourth-order valence-electron chi connectivity index (χ4n) is 2.44. The van der Waals surface area contributed by atoms with Gasteiger partial charge in [-0.2, -0.15) is 0 Å². The summed E-state index contributed by atoms with van der Waals surface area (Å²) in [7, 11) is 0. The van der Waals surface area contributed by atoms with Gasteiger partial charge in [0.2, 0.25) is 5.91 Å². The van der Waals surface area contributed by atoms with Crippen LogP contribution in [-0.2, 0) is 4.79 Å². The van der Waals surface area contributed by atoms with Crippen LogP contribution in [0, 0.1) is 5.82 Å². The lowest BCUT2D eigenvalue weighted by atomic mass is 9.93. The van der Waals surface area contributed by atoms with Gasteiger partial charge in [0.1, 0.15) is 11.6 Å². The van der Waals surface area contributed by atoms with Crippen molar-refractivity contribution >= 4 is 17.5 Å². The van der Waals surface area contributed by atoms with Crippen LogP contribution in [-0.4, -0.2) is 24.2 Å². The van der Waals surface area contributed by atoms with Gasteiger partial charge < -0.3 is 15.2 Å². The average molecular weight is 302 g/mol. The summed E-state index contributed by atoms with van der Waals surface area (Å²) in [6.45, 7) is 4.02. The molecule has 0 radical (unpaired) electrons. The van der Waals surface area contributed by atoms with E-state index in [1.165, 1.54) is 6.07 Å². The number of amides is 1. The Hall–Kier alpha value is -1.33. The molecule has 0 aliphatic carbocycles. The number of aliphatic hydroxyl groups is 1. The van der Waals surface area contributed by atoms with E-state index in [2.05, 4.69) is 5.32 Å². The predicted molar refractivity (Wildman–Crippen MR) is 73.6 cm³/mol. The Kier molecular flexibility index (Phi) is 4.50. The third kappa shape index (κ3) is 2.74. The number of hydrogen-bond donors (Lipinski definition) is 2. The molecule has 2 atom stereocenters. The quantitative estimate of drug-likeness (QED) is 0.898. The molecule has 1 fully saturated rings. The van der Waals surface area contributed by atoms with Gasteiger partial charge in [-0.1, -0.05) is 11.6 Å². The molecule has 1 aliphatic heterocycles. The standard InChI is InChI=1S/C14H17ClFNO3/c1-3-20-14-9(7(2)18)5-10(15)13(16)12(14)8-4-11(19)17-6-8/h5,7-8,18H,3-4,6H2,1-2H3,(H,17,19)/t7?,8-/m0/s1. The van der Waals surface area contributed by atoms with Crippen molar-refractivity contribution in [3.05, 3.63) is 28.0 Å². The van der Waals surface area contributed by atoms with Gasteiger partial charge in [-0.25, -0.2) is 4.39 Å². The summed E-state index contributed by atoms with van der Waals surface area (Å²) in [6.07, 6.45) is -0.644. The number of carbonyl (C=O) groups is 1. The lowest BCUT2D eigenvalue weighted by Crippen LogP contribution is -2.15. The van der Waals surface area contributed by atoms with Crippen LogP contribution in [0.1, 0.15) is 43.4 Å². The van der Waals surface area contributed by atoms with Crippen molar-refractivity contribution in [1.29, 1.82) is 0 Å². The Morgan fingerprint density at radius 1 is 1.65 bits per heavy atom. The van der Waals surface area contributed by atoms with Crippen LogP contribution in [0.25, 0.3) is 0 Å². The van der Waals surface area contributed by atoms with E-state index in [0.29, 0.717) is 24.5 Å². The molecule has 2 N–H and O–H groups in total. The number of nitrogens with one attached hydrogen (secondary N) is 1. The summed E-state index contributed by atoms with van der Waals surface area (Å²) in [5.41, 5.74) is 0.709. The molecule has 1 amide bonds. The second-order valence-corrected chi connectivity index (χ2v) is 5.23. The normalized spacial score (nSPS) is 19.9. The van der Waals surface area contributed by atoms with Crippen LogP contribution >= 0.6 is 11.6 Å². The van der Waals surface area contributed by atoms with E-state index in [-0.39, 0.29) is 28.8 Å². The highest BCUT2D eigenvalue weighted by atomic mass is 35.5. The second kappa shape index (κ2) is 5.97. The van der Waals surface area contributed by atoms with Gasteiger partial charge in [0.15, 0.2) is 0 Å². The molecule has 1 unspecified atom stereocenters. The summed E-state index contributed by atoms with van der Waals surface area (Å²) in [5.74, 6) is -0.748. The smallest absolute Gasteiger partial charge is 0.220 e. The molecule has 1 heterocycles. The zero-order valence-electron chi connectivity index (χ0n) is 11.4. The summed E-state index contributed by atoms with van der Waals surface area (Å²) in [6, 6.07) is 1.38. The molecule has 0 saturated carbocycles. The van der Waals surface area contributed by atoms with E-state index in [1.807, 2.05) is 0 Å². The van der Waals surface area contributed by atoms with Gasteiger partial charge in [0.25, 0.3) is 0 Å². The van der Waals surface area contributed by atoms with Gasteiger partial charge in [0.05, 0.1) is 17.7 Å². The minimum absolute atomic E-state index is 0.0706. The summed E-state index contributed by atoms with van der Waals surface area (Å²) in [4.78, 5) is 11.4. The van der Waals surface area contributed by atoms with Crippen LogP contribution in [0.4, 0.5) is 4.39 Å².